The minimum atomic E-state index is -0.614. The molecule has 3 N–H and O–H groups in total. The Labute approximate surface area is 228 Å². The first-order chi connectivity index (χ1) is 18.8. The maximum absolute atomic E-state index is 13.3. The van der Waals surface area contributed by atoms with Crippen LogP contribution in [0, 0.1) is 0 Å². The number of ketones is 1. The van der Waals surface area contributed by atoms with Gasteiger partial charge >= 0.3 is 5.97 Å². The molecule has 8 heteroatoms. The molecule has 0 fully saturated rings. The minimum Gasteiger partial charge on any atom is -0.504 e. The van der Waals surface area contributed by atoms with Crippen LogP contribution >= 0.6 is 0 Å². The lowest BCUT2D eigenvalue weighted by Crippen LogP contribution is -2.22. The monoisotopic (exact) mass is 536 g/mol. The number of ether oxygens (including phenoxy) is 3. The van der Waals surface area contributed by atoms with Gasteiger partial charge in [-0.05, 0) is 66.1 Å². The zero-order valence-electron chi connectivity index (χ0n) is 22.3. The van der Waals surface area contributed by atoms with Crippen LogP contribution in [0.25, 0.3) is 0 Å². The molecule has 0 bridgehead atoms. The first-order valence-electron chi connectivity index (χ1n) is 12.9. The Morgan fingerprint density at radius 2 is 1.59 bits per heavy atom. The number of rotatable bonds is 15. The number of phenolic OH excluding ortho intramolecular Hbond substituents is 2. The Hall–Kier alpha value is -4.04. The highest BCUT2D eigenvalue weighted by molar-refractivity contribution is 5.80. The van der Waals surface area contributed by atoms with Crippen LogP contribution in [0.1, 0.15) is 48.8 Å². The maximum Gasteiger partial charge on any atom is 0.302 e. The number of carbonyl (C=O) groups is 2. The minimum absolute atomic E-state index is 0.0279. The van der Waals surface area contributed by atoms with Crippen molar-refractivity contribution in [3.63, 3.8) is 0 Å². The second-order valence-electron chi connectivity index (χ2n) is 9.41. The van der Waals surface area contributed by atoms with E-state index in [1.807, 2.05) is 30.3 Å². The molecule has 3 rings (SSSR count). The molecule has 0 aliphatic rings. The van der Waals surface area contributed by atoms with Crippen molar-refractivity contribution in [3.8, 4) is 23.0 Å². The molecule has 2 atom stereocenters. The zero-order chi connectivity index (χ0) is 28.2. The van der Waals surface area contributed by atoms with E-state index >= 15 is 0 Å². The van der Waals surface area contributed by atoms with Gasteiger partial charge in [-0.1, -0.05) is 42.5 Å². The van der Waals surface area contributed by atoms with Crippen LogP contribution < -0.4 is 9.47 Å². The summed E-state index contributed by atoms with van der Waals surface area (Å²) in [5.74, 6) is -0.0895. The molecule has 39 heavy (non-hydrogen) atoms. The number of aliphatic hydroxyl groups excluding tert-OH is 1. The van der Waals surface area contributed by atoms with Crippen LogP contribution in [0.3, 0.4) is 0 Å². The van der Waals surface area contributed by atoms with Gasteiger partial charge in [-0.25, -0.2) is 0 Å². The van der Waals surface area contributed by atoms with Gasteiger partial charge in [-0.15, -0.1) is 0 Å². The van der Waals surface area contributed by atoms with Crippen LogP contribution in [-0.4, -0.2) is 53.5 Å². The number of aliphatic hydroxyl groups is 1. The molecule has 8 nitrogen and oxygen atoms in total. The van der Waals surface area contributed by atoms with Gasteiger partial charge in [0.1, 0.15) is 18.5 Å². The number of esters is 1. The highest BCUT2D eigenvalue weighted by Gasteiger charge is 2.23. The lowest BCUT2D eigenvalue weighted by Gasteiger charge is -2.21. The Morgan fingerprint density at radius 3 is 2.28 bits per heavy atom. The molecule has 0 aromatic heterocycles. The number of methoxy groups -OCH3 is 1. The Balaban J connectivity index is 1.72. The first kappa shape index (κ1) is 29.5. The van der Waals surface area contributed by atoms with Gasteiger partial charge in [0, 0.05) is 19.8 Å². The van der Waals surface area contributed by atoms with Crippen molar-refractivity contribution in [2.75, 3.05) is 20.3 Å². The standard InChI is InChI=1S/C31H36O8/c1-21(33)39-27(11-8-23-9-12-29(36)31(17-23)38-15-14-32)20-26(34)18-25(16-22-6-4-3-5-7-22)24-10-13-28(35)30(19-24)37-2/h3-7,9-10,12-13,17,19,25,27,32,35-36H,8,11,14-16,18,20H2,1-2H3/t25-,27+/m0/s1. The first-order valence-corrected chi connectivity index (χ1v) is 12.9. The molecular weight excluding hydrogens is 500 g/mol. The normalized spacial score (nSPS) is 12.4. The predicted octanol–water partition coefficient (Wildman–Crippen LogP) is 4.72. The summed E-state index contributed by atoms with van der Waals surface area (Å²) in [4.78, 5) is 25.1. The molecule has 208 valence electrons. The summed E-state index contributed by atoms with van der Waals surface area (Å²) >= 11 is 0. The SMILES string of the molecule is COc1cc([C@H](CC(=O)C[C@@H](CCc2ccc(O)c(OCCO)c2)OC(C)=O)Cc2ccccc2)ccc1O. The predicted molar refractivity (Wildman–Crippen MR) is 146 cm³/mol. The van der Waals surface area contributed by atoms with Crippen molar-refractivity contribution in [2.45, 2.75) is 51.0 Å². The molecular formula is C31H36O8. The Morgan fingerprint density at radius 1 is 0.872 bits per heavy atom. The number of hydrogen-bond acceptors (Lipinski definition) is 8. The van der Waals surface area contributed by atoms with E-state index in [9.17, 15) is 19.8 Å². The van der Waals surface area contributed by atoms with Crippen molar-refractivity contribution in [3.05, 3.63) is 83.4 Å². The van der Waals surface area contributed by atoms with Crippen LogP contribution in [0.4, 0.5) is 0 Å². The molecule has 0 saturated carbocycles. The van der Waals surface area contributed by atoms with E-state index in [1.54, 1.807) is 30.3 Å². The molecule has 3 aromatic rings. The highest BCUT2D eigenvalue weighted by Crippen LogP contribution is 2.33. The molecule has 0 radical (unpaired) electrons. The van der Waals surface area contributed by atoms with Crippen molar-refractivity contribution in [1.29, 1.82) is 0 Å². The largest absolute Gasteiger partial charge is 0.504 e. The third-order valence-corrected chi connectivity index (χ3v) is 6.39. The summed E-state index contributed by atoms with van der Waals surface area (Å²) in [7, 11) is 1.48. The molecule has 0 aliphatic carbocycles. The summed E-state index contributed by atoms with van der Waals surface area (Å²) in [6.45, 7) is 1.20. The lowest BCUT2D eigenvalue weighted by atomic mass is 9.86. The second-order valence-corrected chi connectivity index (χ2v) is 9.41. The lowest BCUT2D eigenvalue weighted by molar-refractivity contribution is -0.147. The number of benzene rings is 3. The highest BCUT2D eigenvalue weighted by atomic mass is 16.5. The van der Waals surface area contributed by atoms with Crippen molar-refractivity contribution < 1.29 is 39.1 Å². The molecule has 3 aromatic carbocycles. The third kappa shape index (κ3) is 9.33. The third-order valence-electron chi connectivity index (χ3n) is 6.39. The van der Waals surface area contributed by atoms with Gasteiger partial charge in [-0.3, -0.25) is 9.59 Å². The van der Waals surface area contributed by atoms with Crippen molar-refractivity contribution in [1.82, 2.24) is 0 Å². The Kier molecular flexibility index (Phi) is 11.2. The van der Waals surface area contributed by atoms with E-state index in [0.717, 1.165) is 16.7 Å². The van der Waals surface area contributed by atoms with Crippen molar-refractivity contribution >= 4 is 11.8 Å². The van der Waals surface area contributed by atoms with E-state index in [0.29, 0.717) is 25.0 Å². The number of aryl methyl sites for hydroxylation is 1. The van der Waals surface area contributed by atoms with E-state index in [-0.39, 0.29) is 55.0 Å². The van der Waals surface area contributed by atoms with Crippen LogP contribution in [0.5, 0.6) is 23.0 Å². The van der Waals surface area contributed by atoms with Gasteiger partial charge in [0.2, 0.25) is 0 Å². The quantitative estimate of drug-likeness (QED) is 0.239. The summed E-state index contributed by atoms with van der Waals surface area (Å²) < 4.78 is 16.1. The smallest absolute Gasteiger partial charge is 0.302 e. The molecule has 0 spiro atoms. The molecule has 0 aliphatic heterocycles. The number of aromatic hydroxyl groups is 2. The van der Waals surface area contributed by atoms with E-state index in [4.69, 9.17) is 19.3 Å². The fourth-order valence-corrected chi connectivity index (χ4v) is 4.52. The maximum atomic E-state index is 13.3. The number of hydrogen-bond donors (Lipinski definition) is 3. The molecule has 0 saturated heterocycles. The molecule has 0 amide bonds. The second kappa shape index (κ2) is 14.8. The van der Waals surface area contributed by atoms with E-state index in [1.165, 1.54) is 20.1 Å². The van der Waals surface area contributed by atoms with E-state index < -0.39 is 12.1 Å². The van der Waals surface area contributed by atoms with Gasteiger partial charge in [0.05, 0.1) is 13.7 Å². The van der Waals surface area contributed by atoms with Crippen LogP contribution in [-0.2, 0) is 27.2 Å². The molecule has 0 unspecified atom stereocenters. The fourth-order valence-electron chi connectivity index (χ4n) is 4.52. The average molecular weight is 537 g/mol. The van der Waals surface area contributed by atoms with Crippen LogP contribution in [0.15, 0.2) is 66.7 Å². The number of Topliss-reactive ketones (excluding diaryl/α,β-unsaturated/α-hetero) is 1. The fraction of sp³-hybridized carbons (Fsp3) is 0.355. The van der Waals surface area contributed by atoms with E-state index in [2.05, 4.69) is 0 Å². The summed E-state index contributed by atoms with van der Waals surface area (Å²) in [5.41, 5.74) is 2.78. The zero-order valence-corrected chi connectivity index (χ0v) is 22.3. The number of phenols is 2. The summed E-state index contributed by atoms with van der Waals surface area (Å²) in [5, 5.41) is 29.0. The Bertz CT molecular complexity index is 1220. The summed E-state index contributed by atoms with van der Waals surface area (Å²) in [6.07, 6.45) is 1.18. The van der Waals surface area contributed by atoms with Gasteiger partial charge in [-0.2, -0.15) is 0 Å². The van der Waals surface area contributed by atoms with Crippen LogP contribution in [0.2, 0.25) is 0 Å². The molecule has 0 heterocycles. The van der Waals surface area contributed by atoms with Gasteiger partial charge in [0.25, 0.3) is 0 Å². The van der Waals surface area contributed by atoms with Crippen molar-refractivity contribution in [2.24, 2.45) is 0 Å². The summed E-state index contributed by atoms with van der Waals surface area (Å²) in [6, 6.07) is 19.9. The number of carbonyl (C=O) groups excluding carboxylic acids is 2. The topological polar surface area (TPSA) is 123 Å². The van der Waals surface area contributed by atoms with Gasteiger partial charge in [0.15, 0.2) is 23.0 Å². The average Bonchev–Trinajstić information content (AvgIpc) is 2.92. The van der Waals surface area contributed by atoms with Gasteiger partial charge < -0.3 is 29.5 Å².